The lowest BCUT2D eigenvalue weighted by molar-refractivity contribution is -0.122. The van der Waals surface area contributed by atoms with Crippen molar-refractivity contribution in [1.29, 1.82) is 0 Å². The van der Waals surface area contributed by atoms with Gasteiger partial charge >= 0.3 is 0 Å². The van der Waals surface area contributed by atoms with Crippen molar-refractivity contribution < 1.29 is 9.21 Å². The van der Waals surface area contributed by atoms with Crippen LogP contribution in [-0.4, -0.2) is 16.0 Å². The fraction of sp³-hybridized carbons (Fsp3) is 0.0714. The van der Waals surface area contributed by atoms with Gasteiger partial charge in [-0.1, -0.05) is 72.8 Å². The summed E-state index contributed by atoms with van der Waals surface area (Å²) in [6.45, 7) is 0.996. The predicted molar refractivity (Wildman–Crippen MR) is 147 cm³/mol. The highest BCUT2D eigenvalue weighted by Gasteiger charge is 2.33. The van der Waals surface area contributed by atoms with Crippen molar-refractivity contribution in [1.82, 2.24) is 4.90 Å². The number of aliphatic imine (C=N–C) groups is 1. The molecule has 0 aliphatic carbocycles. The van der Waals surface area contributed by atoms with Crippen molar-refractivity contribution in [3.63, 3.8) is 0 Å². The van der Waals surface area contributed by atoms with E-state index in [9.17, 15) is 4.79 Å². The zero-order valence-corrected chi connectivity index (χ0v) is 21.2. The zero-order valence-electron chi connectivity index (χ0n) is 18.2. The van der Waals surface area contributed by atoms with E-state index in [2.05, 4.69) is 22.6 Å². The monoisotopic (exact) mass is 576 g/mol. The van der Waals surface area contributed by atoms with Crippen molar-refractivity contribution in [2.75, 3.05) is 0 Å². The van der Waals surface area contributed by atoms with Gasteiger partial charge < -0.3 is 4.42 Å². The molecule has 1 saturated heterocycles. The molecule has 1 amide bonds. The highest BCUT2D eigenvalue weighted by atomic mass is 127. The molecule has 0 spiro atoms. The minimum Gasteiger partial charge on any atom is -0.457 e. The summed E-state index contributed by atoms with van der Waals surface area (Å²) in [6, 6.07) is 32.0. The number of carbonyl (C=O) groups excluding carboxylic acids is 1. The molecule has 1 fully saturated rings. The molecule has 0 atom stereocenters. The molecule has 4 nitrogen and oxygen atoms in total. The minimum atomic E-state index is -0.0621. The second-order valence-electron chi connectivity index (χ2n) is 7.78. The van der Waals surface area contributed by atoms with Crippen LogP contribution < -0.4 is 0 Å². The second kappa shape index (κ2) is 10.4. The zero-order chi connectivity index (χ0) is 23.3. The summed E-state index contributed by atoms with van der Waals surface area (Å²) < 4.78 is 7.21. The van der Waals surface area contributed by atoms with Crippen molar-refractivity contribution in [2.45, 2.75) is 13.1 Å². The fourth-order valence-electron chi connectivity index (χ4n) is 3.60. The molecular formula is C28H21IN2O2S. The van der Waals surface area contributed by atoms with Crippen LogP contribution in [0.25, 0.3) is 17.4 Å². The van der Waals surface area contributed by atoms with E-state index in [0.717, 1.165) is 22.5 Å². The standard InChI is InChI=1S/C28H21IN2O2S/c29-23-13-11-22(12-14-23)25-16-15-24(33-25)17-26-27(32)31(19-21-9-5-2-6-10-21)28(34-26)30-18-20-7-3-1-4-8-20/h1-17H,18-19H2. The SMILES string of the molecule is O=C1C(=Cc2ccc(-c3ccc(I)cc3)o2)SC(=NCc2ccccc2)N1Cc1ccccc1. The Morgan fingerprint density at radius 3 is 2.24 bits per heavy atom. The lowest BCUT2D eigenvalue weighted by atomic mass is 10.2. The van der Waals surface area contributed by atoms with Crippen LogP contribution >= 0.6 is 34.4 Å². The van der Waals surface area contributed by atoms with E-state index in [1.807, 2.05) is 103 Å². The van der Waals surface area contributed by atoms with Crippen molar-refractivity contribution in [2.24, 2.45) is 4.99 Å². The van der Waals surface area contributed by atoms with E-state index in [4.69, 9.17) is 9.41 Å². The van der Waals surface area contributed by atoms with Crippen molar-refractivity contribution in [3.8, 4) is 11.3 Å². The molecule has 0 bridgehead atoms. The summed E-state index contributed by atoms with van der Waals surface area (Å²) in [6.07, 6.45) is 1.81. The Hall–Kier alpha value is -3.10. The maximum atomic E-state index is 13.4. The molecule has 2 heterocycles. The van der Waals surface area contributed by atoms with Gasteiger partial charge in [-0.05, 0) is 69.7 Å². The van der Waals surface area contributed by atoms with E-state index in [-0.39, 0.29) is 5.91 Å². The number of furan rings is 1. The summed E-state index contributed by atoms with van der Waals surface area (Å²) in [5.41, 5.74) is 3.17. The average Bonchev–Trinajstić information content (AvgIpc) is 3.45. The van der Waals surface area contributed by atoms with Gasteiger partial charge in [0.2, 0.25) is 0 Å². The molecule has 0 unspecified atom stereocenters. The maximum absolute atomic E-state index is 13.4. The third-order valence-electron chi connectivity index (χ3n) is 5.34. The Morgan fingerprint density at radius 2 is 1.53 bits per heavy atom. The van der Waals surface area contributed by atoms with Gasteiger partial charge in [-0.2, -0.15) is 0 Å². The lowest BCUT2D eigenvalue weighted by Gasteiger charge is -2.15. The van der Waals surface area contributed by atoms with Crippen LogP contribution in [0, 0.1) is 3.57 Å². The Kier molecular flexibility index (Phi) is 6.97. The van der Waals surface area contributed by atoms with Gasteiger partial charge in [-0.15, -0.1) is 0 Å². The molecule has 0 N–H and O–H groups in total. The summed E-state index contributed by atoms with van der Waals surface area (Å²) >= 11 is 3.68. The molecular weight excluding hydrogens is 555 g/mol. The first kappa shape index (κ1) is 22.7. The first-order valence-electron chi connectivity index (χ1n) is 10.9. The van der Waals surface area contributed by atoms with Gasteiger partial charge in [-0.25, -0.2) is 0 Å². The first-order valence-corrected chi connectivity index (χ1v) is 12.7. The highest BCUT2D eigenvalue weighted by Crippen LogP contribution is 2.35. The van der Waals surface area contributed by atoms with Gasteiger partial charge in [0.15, 0.2) is 5.17 Å². The number of amidine groups is 1. The van der Waals surface area contributed by atoms with Gasteiger partial charge in [0, 0.05) is 15.2 Å². The number of halogens is 1. The van der Waals surface area contributed by atoms with E-state index in [1.165, 1.54) is 15.3 Å². The summed E-state index contributed by atoms with van der Waals surface area (Å²) in [5.74, 6) is 1.36. The molecule has 5 rings (SSSR count). The Morgan fingerprint density at radius 1 is 0.853 bits per heavy atom. The normalized spacial score (nSPS) is 16.0. The number of benzene rings is 3. The van der Waals surface area contributed by atoms with Crippen LogP contribution in [0.2, 0.25) is 0 Å². The Balaban J connectivity index is 1.42. The van der Waals surface area contributed by atoms with Gasteiger partial charge in [0.25, 0.3) is 5.91 Å². The quantitative estimate of drug-likeness (QED) is 0.180. The topological polar surface area (TPSA) is 45.8 Å². The van der Waals surface area contributed by atoms with Crippen LogP contribution in [0.1, 0.15) is 16.9 Å². The molecule has 1 aliphatic rings. The number of thioether (sulfide) groups is 1. The summed E-state index contributed by atoms with van der Waals surface area (Å²) in [7, 11) is 0. The molecule has 1 aliphatic heterocycles. The van der Waals surface area contributed by atoms with Crippen LogP contribution in [0.4, 0.5) is 0 Å². The van der Waals surface area contributed by atoms with E-state index in [0.29, 0.717) is 28.9 Å². The van der Waals surface area contributed by atoms with E-state index in [1.54, 1.807) is 4.90 Å². The van der Waals surface area contributed by atoms with Crippen molar-refractivity contribution in [3.05, 3.63) is 122 Å². The van der Waals surface area contributed by atoms with Gasteiger partial charge in [0.1, 0.15) is 11.5 Å². The van der Waals surface area contributed by atoms with Crippen LogP contribution in [0.3, 0.4) is 0 Å². The van der Waals surface area contributed by atoms with E-state index < -0.39 is 0 Å². The van der Waals surface area contributed by atoms with Crippen LogP contribution in [0.5, 0.6) is 0 Å². The molecule has 168 valence electrons. The largest absolute Gasteiger partial charge is 0.457 e. The maximum Gasteiger partial charge on any atom is 0.267 e. The Labute approximate surface area is 216 Å². The molecule has 0 radical (unpaired) electrons. The molecule has 1 aromatic heterocycles. The molecule has 0 saturated carbocycles. The van der Waals surface area contributed by atoms with Gasteiger partial charge in [0.05, 0.1) is 18.0 Å². The lowest BCUT2D eigenvalue weighted by Crippen LogP contribution is -2.28. The summed E-state index contributed by atoms with van der Waals surface area (Å²) in [4.78, 5) is 20.5. The molecule has 34 heavy (non-hydrogen) atoms. The van der Waals surface area contributed by atoms with Crippen LogP contribution in [-0.2, 0) is 17.9 Å². The smallest absolute Gasteiger partial charge is 0.267 e. The average molecular weight is 576 g/mol. The number of rotatable bonds is 6. The highest BCUT2D eigenvalue weighted by molar-refractivity contribution is 14.1. The summed E-state index contributed by atoms with van der Waals surface area (Å²) in [5, 5.41) is 0.702. The number of hydrogen-bond donors (Lipinski definition) is 0. The third kappa shape index (κ3) is 5.34. The van der Waals surface area contributed by atoms with Gasteiger partial charge in [-0.3, -0.25) is 14.7 Å². The number of amides is 1. The first-order chi connectivity index (χ1) is 16.7. The number of hydrogen-bond acceptors (Lipinski definition) is 4. The second-order valence-corrected chi connectivity index (χ2v) is 10.0. The fourth-order valence-corrected chi connectivity index (χ4v) is 4.92. The number of nitrogens with zero attached hydrogens (tertiary/aromatic N) is 2. The van der Waals surface area contributed by atoms with Crippen LogP contribution in [0.15, 0.2) is 111 Å². The minimum absolute atomic E-state index is 0.0621. The van der Waals surface area contributed by atoms with E-state index >= 15 is 0 Å². The molecule has 3 aromatic carbocycles. The molecule has 6 heteroatoms. The number of carbonyl (C=O) groups is 1. The molecule has 4 aromatic rings. The third-order valence-corrected chi connectivity index (χ3v) is 7.10. The predicted octanol–water partition coefficient (Wildman–Crippen LogP) is 7.22. The van der Waals surface area contributed by atoms with Crippen molar-refractivity contribution >= 4 is 51.5 Å². The Bertz CT molecular complexity index is 1350.